The Balaban J connectivity index is 1.64. The van der Waals surface area contributed by atoms with E-state index in [0.29, 0.717) is 12.2 Å². The Bertz CT molecular complexity index is 1100. The van der Waals surface area contributed by atoms with Gasteiger partial charge in [-0.1, -0.05) is 31.0 Å². The largest absolute Gasteiger partial charge is 0.354 e. The van der Waals surface area contributed by atoms with Crippen LogP contribution in [0.25, 0.3) is 10.1 Å². The Hall–Kier alpha value is -2.74. The number of nitrogens with one attached hydrogen (secondary N) is 1. The molecule has 1 aliphatic rings. The predicted molar refractivity (Wildman–Crippen MR) is 122 cm³/mol. The topological polar surface area (TPSA) is 80.1 Å². The zero-order chi connectivity index (χ0) is 22.0. The van der Waals surface area contributed by atoms with E-state index in [0.717, 1.165) is 58.6 Å². The molecular formula is C23H29N5O2S. The fourth-order valence-corrected chi connectivity index (χ4v) is 5.66. The Kier molecular flexibility index (Phi) is 6.36. The lowest BCUT2D eigenvalue weighted by atomic mass is 9.98. The number of carbonyl (C=O) groups is 2. The average molecular weight is 440 g/mol. The summed E-state index contributed by atoms with van der Waals surface area (Å²) < 4.78 is 2.80. The van der Waals surface area contributed by atoms with Crippen LogP contribution in [0.1, 0.15) is 52.6 Å². The van der Waals surface area contributed by atoms with Crippen LogP contribution in [0.15, 0.2) is 24.3 Å². The Morgan fingerprint density at radius 3 is 2.74 bits per heavy atom. The number of aryl methyl sites for hydroxylation is 2. The number of hydrogen-bond donors (Lipinski definition) is 1. The average Bonchev–Trinajstić information content (AvgIpc) is 3.16. The van der Waals surface area contributed by atoms with Crippen LogP contribution in [-0.2, 0) is 17.8 Å². The highest BCUT2D eigenvalue weighted by Crippen LogP contribution is 2.34. The number of carbonyl (C=O) groups excluding carboxylic acids is 2. The van der Waals surface area contributed by atoms with Crippen molar-refractivity contribution in [2.75, 3.05) is 13.6 Å². The molecule has 7 nitrogen and oxygen atoms in total. The minimum absolute atomic E-state index is 0.0589. The van der Waals surface area contributed by atoms with Crippen LogP contribution in [0.4, 0.5) is 0 Å². The first-order chi connectivity index (χ1) is 15.0. The van der Waals surface area contributed by atoms with Crippen LogP contribution in [0, 0.1) is 13.8 Å². The SMILES string of the molecule is CNC(=O)c1sc2ccccc2c1CC1CCCCCN1C(=O)Cn1nc(C)nc1C. The molecule has 31 heavy (non-hydrogen) atoms. The summed E-state index contributed by atoms with van der Waals surface area (Å²) in [4.78, 5) is 33.0. The summed E-state index contributed by atoms with van der Waals surface area (Å²) in [6.07, 6.45) is 4.85. The zero-order valence-electron chi connectivity index (χ0n) is 18.4. The van der Waals surface area contributed by atoms with Crippen molar-refractivity contribution >= 4 is 33.2 Å². The van der Waals surface area contributed by atoms with Gasteiger partial charge in [-0.3, -0.25) is 9.59 Å². The number of nitrogens with zero attached hydrogens (tertiary/aromatic N) is 4. The van der Waals surface area contributed by atoms with E-state index in [4.69, 9.17) is 0 Å². The van der Waals surface area contributed by atoms with E-state index in [1.165, 1.54) is 11.3 Å². The summed E-state index contributed by atoms with van der Waals surface area (Å²) in [5.74, 6) is 1.44. The Morgan fingerprint density at radius 2 is 2.00 bits per heavy atom. The first-order valence-corrected chi connectivity index (χ1v) is 11.7. The smallest absolute Gasteiger partial charge is 0.261 e. The molecule has 0 saturated carbocycles. The van der Waals surface area contributed by atoms with Gasteiger partial charge in [0, 0.05) is 24.3 Å². The molecule has 0 bridgehead atoms. The molecule has 0 radical (unpaired) electrons. The van der Waals surface area contributed by atoms with Gasteiger partial charge in [-0.05, 0) is 50.1 Å². The number of rotatable bonds is 5. The molecule has 164 valence electrons. The molecule has 2 aromatic heterocycles. The number of fused-ring (bicyclic) bond motifs is 1. The molecule has 8 heteroatoms. The standard InChI is InChI=1S/C23H29N5O2S/c1-15-25-16(2)28(26-15)14-21(29)27-12-8-4-5-9-17(27)13-19-18-10-6-7-11-20(18)31-22(19)23(30)24-3/h6-7,10-11,17H,4-5,8-9,12-14H2,1-3H3,(H,24,30). The quantitative estimate of drug-likeness (QED) is 0.660. The van der Waals surface area contributed by atoms with E-state index in [-0.39, 0.29) is 24.4 Å². The summed E-state index contributed by atoms with van der Waals surface area (Å²) in [5, 5.41) is 8.26. The molecule has 1 saturated heterocycles. The van der Waals surface area contributed by atoms with Crippen LogP contribution >= 0.6 is 11.3 Å². The highest BCUT2D eigenvalue weighted by atomic mass is 32.1. The summed E-state index contributed by atoms with van der Waals surface area (Å²) in [7, 11) is 1.67. The second-order valence-corrected chi connectivity index (χ2v) is 9.20. The second kappa shape index (κ2) is 9.18. The molecule has 1 aromatic carbocycles. The molecule has 3 aromatic rings. The van der Waals surface area contributed by atoms with Crippen LogP contribution in [0.2, 0.25) is 0 Å². The third kappa shape index (κ3) is 4.49. The van der Waals surface area contributed by atoms with Gasteiger partial charge in [-0.25, -0.2) is 9.67 Å². The maximum Gasteiger partial charge on any atom is 0.261 e. The van der Waals surface area contributed by atoms with Gasteiger partial charge >= 0.3 is 0 Å². The minimum Gasteiger partial charge on any atom is -0.354 e. The van der Waals surface area contributed by atoms with Crippen molar-refractivity contribution in [3.63, 3.8) is 0 Å². The molecule has 1 fully saturated rings. The molecule has 1 unspecified atom stereocenters. The molecule has 1 N–H and O–H groups in total. The molecule has 0 spiro atoms. The van der Waals surface area contributed by atoms with E-state index < -0.39 is 0 Å². The first-order valence-electron chi connectivity index (χ1n) is 10.9. The van der Waals surface area contributed by atoms with Crippen molar-refractivity contribution in [3.8, 4) is 0 Å². The van der Waals surface area contributed by atoms with Gasteiger partial charge in [0.1, 0.15) is 18.2 Å². The molecule has 3 heterocycles. The van der Waals surface area contributed by atoms with Gasteiger partial charge < -0.3 is 10.2 Å². The summed E-state index contributed by atoms with van der Waals surface area (Å²) in [6, 6.07) is 8.22. The van der Waals surface area contributed by atoms with Crippen molar-refractivity contribution in [3.05, 3.63) is 46.4 Å². The normalized spacial score (nSPS) is 17.0. The Morgan fingerprint density at radius 1 is 1.19 bits per heavy atom. The van der Waals surface area contributed by atoms with E-state index in [1.807, 2.05) is 30.9 Å². The number of benzene rings is 1. The van der Waals surface area contributed by atoms with Crippen molar-refractivity contribution in [1.29, 1.82) is 0 Å². The van der Waals surface area contributed by atoms with Crippen LogP contribution in [0.5, 0.6) is 0 Å². The van der Waals surface area contributed by atoms with Gasteiger partial charge in [-0.15, -0.1) is 11.3 Å². The molecule has 4 rings (SSSR count). The van der Waals surface area contributed by atoms with E-state index >= 15 is 0 Å². The third-order valence-corrected chi connectivity index (χ3v) is 7.23. The van der Waals surface area contributed by atoms with Gasteiger partial charge in [-0.2, -0.15) is 5.10 Å². The fourth-order valence-electron chi connectivity index (χ4n) is 4.48. The second-order valence-electron chi connectivity index (χ2n) is 8.14. The maximum absolute atomic E-state index is 13.3. The van der Waals surface area contributed by atoms with Crippen molar-refractivity contribution in [1.82, 2.24) is 25.0 Å². The first kappa shape index (κ1) is 21.5. The third-order valence-electron chi connectivity index (χ3n) is 6.02. The number of hydrogen-bond acceptors (Lipinski definition) is 5. The van der Waals surface area contributed by atoms with Gasteiger partial charge in [0.05, 0.1) is 4.88 Å². The zero-order valence-corrected chi connectivity index (χ0v) is 19.2. The maximum atomic E-state index is 13.3. The lowest BCUT2D eigenvalue weighted by molar-refractivity contribution is -0.134. The number of amides is 2. The van der Waals surface area contributed by atoms with Gasteiger partial charge in [0.25, 0.3) is 5.91 Å². The van der Waals surface area contributed by atoms with E-state index in [1.54, 1.807) is 11.7 Å². The molecule has 0 aliphatic carbocycles. The lowest BCUT2D eigenvalue weighted by Gasteiger charge is -2.30. The molecule has 1 atom stereocenters. The van der Waals surface area contributed by atoms with E-state index in [9.17, 15) is 9.59 Å². The minimum atomic E-state index is -0.0589. The van der Waals surface area contributed by atoms with Crippen molar-refractivity contribution in [2.45, 2.75) is 58.5 Å². The molecular weight excluding hydrogens is 410 g/mol. The van der Waals surface area contributed by atoms with Crippen LogP contribution < -0.4 is 5.32 Å². The highest BCUT2D eigenvalue weighted by molar-refractivity contribution is 7.21. The lowest BCUT2D eigenvalue weighted by Crippen LogP contribution is -2.43. The van der Waals surface area contributed by atoms with Crippen LogP contribution in [-0.4, -0.2) is 51.1 Å². The molecule has 2 amide bonds. The van der Waals surface area contributed by atoms with Crippen molar-refractivity contribution < 1.29 is 9.59 Å². The number of likely N-dealkylation sites (tertiary alicyclic amines) is 1. The summed E-state index contributed by atoms with van der Waals surface area (Å²) in [5.41, 5.74) is 1.05. The van der Waals surface area contributed by atoms with E-state index in [2.05, 4.69) is 27.5 Å². The summed E-state index contributed by atoms with van der Waals surface area (Å²) >= 11 is 1.53. The molecule has 1 aliphatic heterocycles. The van der Waals surface area contributed by atoms with Gasteiger partial charge in [0.15, 0.2) is 0 Å². The number of thiophene rings is 1. The van der Waals surface area contributed by atoms with Crippen LogP contribution in [0.3, 0.4) is 0 Å². The van der Waals surface area contributed by atoms with Crippen molar-refractivity contribution in [2.24, 2.45) is 0 Å². The van der Waals surface area contributed by atoms with Gasteiger partial charge in [0.2, 0.25) is 5.91 Å². The monoisotopic (exact) mass is 439 g/mol. The Labute approximate surface area is 186 Å². The predicted octanol–water partition coefficient (Wildman–Crippen LogP) is 3.48. The fraction of sp³-hybridized carbons (Fsp3) is 0.478. The highest BCUT2D eigenvalue weighted by Gasteiger charge is 2.29. The summed E-state index contributed by atoms with van der Waals surface area (Å²) in [6.45, 7) is 4.66. The number of aromatic nitrogens is 3.